The molecule has 110 valence electrons. The van der Waals surface area contributed by atoms with E-state index in [-0.39, 0.29) is 11.6 Å². The summed E-state index contributed by atoms with van der Waals surface area (Å²) in [5.41, 5.74) is 9.11. The fourth-order valence-electron chi connectivity index (χ4n) is 2.85. The quantitative estimate of drug-likeness (QED) is 0.921. The number of aryl methyl sites for hydroxylation is 2. The molecule has 2 aromatic carbocycles. The zero-order valence-corrected chi connectivity index (χ0v) is 12.1. The lowest BCUT2D eigenvalue weighted by Gasteiger charge is -2.17. The van der Waals surface area contributed by atoms with Gasteiger partial charge in [-0.2, -0.15) is 0 Å². The van der Waals surface area contributed by atoms with Gasteiger partial charge in [0.1, 0.15) is 5.75 Å². The van der Waals surface area contributed by atoms with E-state index in [1.807, 2.05) is 18.2 Å². The molecule has 1 aliphatic carbocycles. The van der Waals surface area contributed by atoms with E-state index in [0.717, 1.165) is 18.4 Å². The molecule has 3 rings (SSSR count). The third-order valence-corrected chi connectivity index (χ3v) is 3.98. The first-order valence-electron chi connectivity index (χ1n) is 7.54. The van der Waals surface area contributed by atoms with Gasteiger partial charge in [-0.3, -0.25) is 0 Å². The Morgan fingerprint density at radius 3 is 2.57 bits per heavy atom. The zero-order valence-electron chi connectivity index (χ0n) is 12.1. The monoisotopic (exact) mass is 285 g/mol. The van der Waals surface area contributed by atoms with Crippen molar-refractivity contribution in [3.8, 4) is 11.5 Å². The minimum absolute atomic E-state index is 0.270. The van der Waals surface area contributed by atoms with Gasteiger partial charge < -0.3 is 10.5 Å². The Labute approximate surface area is 124 Å². The Bertz CT molecular complexity index is 639. The normalized spacial score (nSPS) is 13.8. The van der Waals surface area contributed by atoms with Crippen molar-refractivity contribution in [3.63, 3.8) is 0 Å². The van der Waals surface area contributed by atoms with Crippen molar-refractivity contribution in [2.24, 2.45) is 5.73 Å². The van der Waals surface area contributed by atoms with E-state index in [1.165, 1.54) is 30.0 Å². The van der Waals surface area contributed by atoms with Crippen LogP contribution in [-0.2, 0) is 19.3 Å². The molecule has 0 saturated heterocycles. The molecule has 2 nitrogen and oxygen atoms in total. The van der Waals surface area contributed by atoms with E-state index in [4.69, 9.17) is 10.5 Å². The number of rotatable bonds is 4. The summed E-state index contributed by atoms with van der Waals surface area (Å²) >= 11 is 0. The van der Waals surface area contributed by atoms with Gasteiger partial charge in [0.15, 0.2) is 11.6 Å². The second-order valence-corrected chi connectivity index (χ2v) is 5.54. The average molecular weight is 285 g/mol. The summed E-state index contributed by atoms with van der Waals surface area (Å²) in [6.07, 6.45) is 5.38. The summed E-state index contributed by atoms with van der Waals surface area (Å²) in [7, 11) is 0. The molecule has 0 atom stereocenters. The Morgan fingerprint density at radius 2 is 1.81 bits per heavy atom. The minimum atomic E-state index is -0.335. The summed E-state index contributed by atoms with van der Waals surface area (Å²) in [6.45, 7) is 0.518. The topological polar surface area (TPSA) is 35.2 Å². The van der Waals surface area contributed by atoms with E-state index in [0.29, 0.717) is 18.7 Å². The van der Waals surface area contributed by atoms with Crippen molar-refractivity contribution in [3.05, 3.63) is 58.9 Å². The average Bonchev–Trinajstić information content (AvgIpc) is 2.50. The second-order valence-electron chi connectivity index (χ2n) is 5.54. The van der Waals surface area contributed by atoms with Crippen LogP contribution in [0.3, 0.4) is 0 Å². The lowest BCUT2D eigenvalue weighted by atomic mass is 9.92. The van der Waals surface area contributed by atoms with Gasteiger partial charge in [-0.05, 0) is 79.6 Å². The molecule has 21 heavy (non-hydrogen) atoms. The molecule has 0 unspecified atom stereocenters. The first kappa shape index (κ1) is 14.1. The summed E-state index contributed by atoms with van der Waals surface area (Å²) < 4.78 is 19.7. The van der Waals surface area contributed by atoms with Gasteiger partial charge in [-0.15, -0.1) is 0 Å². The Hall–Kier alpha value is -1.87. The van der Waals surface area contributed by atoms with Crippen LogP contribution in [0, 0.1) is 5.82 Å². The maximum atomic E-state index is 14.0. The number of nitrogens with two attached hydrogens (primary N) is 1. The van der Waals surface area contributed by atoms with Gasteiger partial charge >= 0.3 is 0 Å². The van der Waals surface area contributed by atoms with Crippen molar-refractivity contribution >= 4 is 0 Å². The van der Waals surface area contributed by atoms with Gasteiger partial charge in [0, 0.05) is 0 Å². The molecule has 0 aromatic heterocycles. The summed E-state index contributed by atoms with van der Waals surface area (Å²) in [5.74, 6) is 0.645. The third kappa shape index (κ3) is 3.24. The Kier molecular flexibility index (Phi) is 4.20. The predicted molar refractivity (Wildman–Crippen MR) is 82.3 cm³/mol. The molecular weight excluding hydrogens is 265 g/mol. The molecule has 2 aromatic rings. The molecule has 0 heterocycles. The largest absolute Gasteiger partial charge is 0.454 e. The van der Waals surface area contributed by atoms with Gasteiger partial charge in [0.25, 0.3) is 0 Å². The molecule has 0 radical (unpaired) electrons. The van der Waals surface area contributed by atoms with E-state index >= 15 is 0 Å². The lowest BCUT2D eigenvalue weighted by Crippen LogP contribution is -2.03. The van der Waals surface area contributed by atoms with Gasteiger partial charge in [-0.1, -0.05) is 12.1 Å². The zero-order chi connectivity index (χ0) is 14.7. The van der Waals surface area contributed by atoms with Crippen LogP contribution in [-0.4, -0.2) is 6.54 Å². The highest BCUT2D eigenvalue weighted by molar-refractivity contribution is 5.40. The minimum Gasteiger partial charge on any atom is -0.454 e. The molecule has 1 aliphatic rings. The Morgan fingerprint density at radius 1 is 1.00 bits per heavy atom. The molecular formula is C18H20FNO. The molecule has 0 spiro atoms. The summed E-state index contributed by atoms with van der Waals surface area (Å²) in [6, 6.07) is 11.1. The van der Waals surface area contributed by atoms with Crippen LogP contribution >= 0.6 is 0 Å². The SMILES string of the molecule is NCCc1ccc(Oc2ccc3c(c2)CCCC3)c(F)c1. The fourth-order valence-corrected chi connectivity index (χ4v) is 2.85. The molecule has 0 fully saturated rings. The standard InChI is InChI=1S/C18H20FNO/c19-17-11-13(9-10-20)5-8-18(17)21-16-7-6-14-3-1-2-4-15(14)12-16/h5-8,11-12H,1-4,9-10,20H2. The van der Waals surface area contributed by atoms with Crippen LogP contribution in [0.15, 0.2) is 36.4 Å². The van der Waals surface area contributed by atoms with E-state index in [2.05, 4.69) is 6.07 Å². The molecule has 3 heteroatoms. The molecule has 0 aliphatic heterocycles. The second kappa shape index (κ2) is 6.27. The van der Waals surface area contributed by atoms with E-state index in [1.54, 1.807) is 6.07 Å². The summed E-state index contributed by atoms with van der Waals surface area (Å²) in [5, 5.41) is 0. The van der Waals surface area contributed by atoms with Crippen molar-refractivity contribution < 1.29 is 9.13 Å². The first-order valence-corrected chi connectivity index (χ1v) is 7.54. The van der Waals surface area contributed by atoms with Gasteiger partial charge in [0.05, 0.1) is 0 Å². The van der Waals surface area contributed by atoms with Crippen molar-refractivity contribution in [2.75, 3.05) is 6.54 Å². The third-order valence-electron chi connectivity index (χ3n) is 3.98. The van der Waals surface area contributed by atoms with Crippen LogP contribution in [0.5, 0.6) is 11.5 Å². The highest BCUT2D eigenvalue weighted by Crippen LogP contribution is 2.29. The molecule has 0 bridgehead atoms. The lowest BCUT2D eigenvalue weighted by molar-refractivity contribution is 0.440. The smallest absolute Gasteiger partial charge is 0.165 e. The van der Waals surface area contributed by atoms with Crippen molar-refractivity contribution in [1.29, 1.82) is 0 Å². The molecule has 2 N–H and O–H groups in total. The first-order chi connectivity index (χ1) is 10.3. The van der Waals surface area contributed by atoms with E-state index < -0.39 is 0 Å². The molecule has 0 amide bonds. The van der Waals surface area contributed by atoms with Crippen LogP contribution in [0.25, 0.3) is 0 Å². The van der Waals surface area contributed by atoms with Crippen LogP contribution in [0.1, 0.15) is 29.5 Å². The number of fused-ring (bicyclic) bond motifs is 1. The fraction of sp³-hybridized carbons (Fsp3) is 0.333. The maximum absolute atomic E-state index is 14.0. The number of benzene rings is 2. The van der Waals surface area contributed by atoms with E-state index in [9.17, 15) is 4.39 Å². The van der Waals surface area contributed by atoms with Gasteiger partial charge in [-0.25, -0.2) is 4.39 Å². The highest BCUT2D eigenvalue weighted by Gasteiger charge is 2.11. The Balaban J connectivity index is 1.80. The predicted octanol–water partition coefficient (Wildman–Crippen LogP) is 4.00. The maximum Gasteiger partial charge on any atom is 0.165 e. The number of ether oxygens (including phenoxy) is 1. The van der Waals surface area contributed by atoms with Crippen LogP contribution in [0.4, 0.5) is 4.39 Å². The number of hydrogen-bond acceptors (Lipinski definition) is 2. The van der Waals surface area contributed by atoms with Crippen molar-refractivity contribution in [1.82, 2.24) is 0 Å². The van der Waals surface area contributed by atoms with Crippen LogP contribution in [0.2, 0.25) is 0 Å². The molecule has 0 saturated carbocycles. The number of halogens is 1. The highest BCUT2D eigenvalue weighted by atomic mass is 19.1. The summed E-state index contributed by atoms with van der Waals surface area (Å²) in [4.78, 5) is 0. The van der Waals surface area contributed by atoms with Gasteiger partial charge in [0.2, 0.25) is 0 Å². The van der Waals surface area contributed by atoms with Crippen molar-refractivity contribution in [2.45, 2.75) is 32.1 Å². The number of hydrogen-bond donors (Lipinski definition) is 1. The van der Waals surface area contributed by atoms with Crippen LogP contribution < -0.4 is 10.5 Å².